The van der Waals surface area contributed by atoms with Gasteiger partial charge in [-0.05, 0) is 36.2 Å². The van der Waals surface area contributed by atoms with Crippen LogP contribution in [0.4, 0.5) is 5.82 Å². The monoisotopic (exact) mass is 563 g/mol. The Morgan fingerprint density at radius 2 is 1.61 bits per heavy atom. The summed E-state index contributed by atoms with van der Waals surface area (Å²) >= 11 is 6.68. The molecule has 41 heavy (non-hydrogen) atoms. The summed E-state index contributed by atoms with van der Waals surface area (Å²) in [5.41, 5.74) is 3.91. The number of fused-ring (bicyclic) bond motifs is 3. The molecule has 1 atom stereocenters. The molecule has 0 unspecified atom stereocenters. The second kappa shape index (κ2) is 11.3. The number of hydrogen-bond acceptors (Lipinski definition) is 6. The Hall–Kier alpha value is -4.88. The van der Waals surface area contributed by atoms with E-state index in [-0.39, 0.29) is 30.2 Å². The number of carbonyl (C=O) groups is 1. The Balaban J connectivity index is 1.33. The summed E-state index contributed by atoms with van der Waals surface area (Å²) < 4.78 is 12.8. The van der Waals surface area contributed by atoms with Crippen LogP contribution in [-0.4, -0.2) is 15.5 Å². The van der Waals surface area contributed by atoms with Crippen LogP contribution in [0.25, 0.3) is 33.2 Å². The van der Waals surface area contributed by atoms with Gasteiger partial charge in [0, 0.05) is 16.3 Å². The molecular weight excluding hydrogens is 538 g/mol. The number of ether oxygens (including phenoxy) is 1. The normalized spacial score (nSPS) is 12.0. The Morgan fingerprint density at radius 1 is 0.927 bits per heavy atom. The van der Waals surface area contributed by atoms with Crippen LogP contribution in [0.3, 0.4) is 0 Å². The molecular formula is C33H26ClN3O4. The highest BCUT2D eigenvalue weighted by Gasteiger charge is 2.21. The van der Waals surface area contributed by atoms with E-state index in [0.29, 0.717) is 11.3 Å². The van der Waals surface area contributed by atoms with E-state index in [0.717, 1.165) is 33.1 Å². The molecule has 0 spiro atoms. The largest absolute Gasteiger partial charge is 0.459 e. The predicted octanol–water partition coefficient (Wildman–Crippen LogP) is 7.38. The molecule has 0 aliphatic heterocycles. The number of anilines is 1. The molecule has 0 aliphatic rings. The lowest BCUT2D eigenvalue weighted by atomic mass is 10.0. The van der Waals surface area contributed by atoms with E-state index in [1.165, 1.54) is 4.57 Å². The van der Waals surface area contributed by atoms with E-state index in [9.17, 15) is 9.59 Å². The van der Waals surface area contributed by atoms with E-state index in [2.05, 4.69) is 10.3 Å². The van der Waals surface area contributed by atoms with Crippen molar-refractivity contribution in [3.05, 3.63) is 130 Å². The molecule has 0 saturated carbocycles. The molecule has 1 N–H and O–H groups in total. The van der Waals surface area contributed by atoms with Crippen molar-refractivity contribution in [2.24, 2.45) is 0 Å². The van der Waals surface area contributed by atoms with Gasteiger partial charge in [0.25, 0.3) is 5.56 Å². The van der Waals surface area contributed by atoms with E-state index < -0.39 is 11.5 Å². The molecule has 4 aromatic carbocycles. The molecule has 2 aromatic heterocycles. The van der Waals surface area contributed by atoms with Gasteiger partial charge in [-0.25, -0.2) is 4.98 Å². The zero-order chi connectivity index (χ0) is 28.3. The highest BCUT2D eigenvalue weighted by Crippen LogP contribution is 2.32. The fraction of sp³-hybridized carbons (Fsp3) is 0.121. The number of nitrogens with zero attached hydrogens (tertiary/aromatic N) is 2. The van der Waals surface area contributed by atoms with Crippen LogP contribution in [0.2, 0.25) is 5.15 Å². The molecule has 0 amide bonds. The van der Waals surface area contributed by atoms with Crippen molar-refractivity contribution in [2.45, 2.75) is 26.1 Å². The molecule has 2 heterocycles. The topological polar surface area (TPSA) is 86.4 Å². The third-order valence-corrected chi connectivity index (χ3v) is 7.22. The first-order valence-electron chi connectivity index (χ1n) is 13.2. The van der Waals surface area contributed by atoms with Crippen LogP contribution >= 0.6 is 11.6 Å². The van der Waals surface area contributed by atoms with Crippen molar-refractivity contribution < 1.29 is 13.9 Å². The zero-order valence-corrected chi connectivity index (χ0v) is 23.0. The predicted molar refractivity (Wildman–Crippen MR) is 161 cm³/mol. The van der Waals surface area contributed by atoms with Gasteiger partial charge in [0.2, 0.25) is 0 Å². The second-order valence-corrected chi connectivity index (χ2v) is 10.1. The molecule has 0 fully saturated rings. The lowest BCUT2D eigenvalue weighted by Crippen LogP contribution is -2.31. The lowest BCUT2D eigenvalue weighted by molar-refractivity contribution is -0.145. The van der Waals surface area contributed by atoms with Gasteiger partial charge in [-0.15, -0.1) is 0 Å². The Kier molecular flexibility index (Phi) is 7.27. The summed E-state index contributed by atoms with van der Waals surface area (Å²) in [4.78, 5) is 31.1. The summed E-state index contributed by atoms with van der Waals surface area (Å²) in [6.07, 6.45) is 0. The number of rotatable bonds is 8. The van der Waals surface area contributed by atoms with Crippen molar-refractivity contribution in [2.75, 3.05) is 5.32 Å². The van der Waals surface area contributed by atoms with Crippen molar-refractivity contribution >= 4 is 45.3 Å². The van der Waals surface area contributed by atoms with Crippen LogP contribution in [0.5, 0.6) is 0 Å². The number of aromatic nitrogens is 2. The first-order chi connectivity index (χ1) is 20.0. The van der Waals surface area contributed by atoms with Gasteiger partial charge in [-0.1, -0.05) is 96.5 Å². The number of nitrogens with one attached hydrogen (secondary N) is 1. The summed E-state index contributed by atoms with van der Waals surface area (Å²) in [6.45, 7) is 1.71. The third kappa shape index (κ3) is 5.44. The number of carbonyl (C=O) groups excluding carboxylic acids is 1. The number of halogens is 1. The quantitative estimate of drug-likeness (QED) is 0.194. The standard InChI is InChI=1S/C33H26ClN3O4/c1-21(24-16-17-28-26(18-24)25-14-8-9-15-27(25)41-28)35-32-33(39)37(19-29(38)40-20-22-10-4-2-5-11-22)30(31(34)36-32)23-12-6-3-7-13-23/h2-18,21H,19-20H2,1H3,(H,35,36)/t21-/m0/s1. The van der Waals surface area contributed by atoms with Crippen LogP contribution in [0, 0.1) is 0 Å². The average molecular weight is 564 g/mol. The fourth-order valence-electron chi connectivity index (χ4n) is 4.87. The molecule has 6 aromatic rings. The average Bonchev–Trinajstić information content (AvgIpc) is 3.37. The minimum absolute atomic E-state index is 0.0372. The highest BCUT2D eigenvalue weighted by atomic mass is 35.5. The van der Waals surface area contributed by atoms with Gasteiger partial charge >= 0.3 is 5.97 Å². The molecule has 0 saturated heterocycles. The smallest absolute Gasteiger partial charge is 0.326 e. The van der Waals surface area contributed by atoms with Gasteiger partial charge < -0.3 is 14.5 Å². The lowest BCUT2D eigenvalue weighted by Gasteiger charge is -2.19. The van der Waals surface area contributed by atoms with Gasteiger partial charge in [0.05, 0.1) is 11.7 Å². The second-order valence-electron chi connectivity index (χ2n) is 9.72. The minimum atomic E-state index is -0.563. The Bertz CT molecular complexity index is 1920. The SMILES string of the molecule is C[C@H](Nc1nc(Cl)c(-c2ccccc2)n(CC(=O)OCc2ccccc2)c1=O)c1ccc2oc3ccccc3c2c1. The maximum atomic E-state index is 13.8. The zero-order valence-electron chi connectivity index (χ0n) is 22.2. The number of furan rings is 1. The Labute approximate surface area is 241 Å². The van der Waals surface area contributed by atoms with Crippen molar-refractivity contribution in [3.8, 4) is 11.3 Å². The number of esters is 1. The van der Waals surface area contributed by atoms with Gasteiger partial charge in [-0.3, -0.25) is 14.2 Å². The molecule has 7 nitrogen and oxygen atoms in total. The maximum absolute atomic E-state index is 13.8. The summed E-state index contributed by atoms with van der Waals surface area (Å²) in [6, 6.07) is 32.0. The van der Waals surface area contributed by atoms with Crippen LogP contribution in [0.15, 0.2) is 112 Å². The third-order valence-electron chi connectivity index (χ3n) is 6.95. The number of hydrogen-bond donors (Lipinski definition) is 1. The van der Waals surface area contributed by atoms with Gasteiger partial charge in [0.15, 0.2) is 11.0 Å². The molecule has 204 valence electrons. The van der Waals surface area contributed by atoms with Crippen molar-refractivity contribution in [3.63, 3.8) is 0 Å². The first-order valence-corrected chi connectivity index (χ1v) is 13.6. The van der Waals surface area contributed by atoms with Gasteiger partial charge in [0.1, 0.15) is 24.3 Å². The molecule has 0 radical (unpaired) electrons. The van der Waals surface area contributed by atoms with Crippen LogP contribution < -0.4 is 10.9 Å². The van der Waals surface area contributed by atoms with E-state index in [1.54, 1.807) is 0 Å². The number of para-hydroxylation sites is 1. The first kappa shape index (κ1) is 26.3. The summed E-state index contributed by atoms with van der Waals surface area (Å²) in [7, 11) is 0. The van der Waals surface area contributed by atoms with Crippen molar-refractivity contribution in [1.82, 2.24) is 9.55 Å². The minimum Gasteiger partial charge on any atom is -0.459 e. The molecule has 8 heteroatoms. The molecule has 6 rings (SSSR count). The van der Waals surface area contributed by atoms with Gasteiger partial charge in [-0.2, -0.15) is 0 Å². The molecule has 0 aliphatic carbocycles. The van der Waals surface area contributed by atoms with Crippen LogP contribution in [-0.2, 0) is 22.7 Å². The molecule has 0 bridgehead atoms. The van der Waals surface area contributed by atoms with E-state index in [4.69, 9.17) is 20.8 Å². The summed E-state index contributed by atoms with van der Waals surface area (Å²) in [5, 5.41) is 5.30. The summed E-state index contributed by atoms with van der Waals surface area (Å²) in [5.74, 6) is -0.526. The van der Waals surface area contributed by atoms with E-state index in [1.807, 2.05) is 110 Å². The highest BCUT2D eigenvalue weighted by molar-refractivity contribution is 6.32. The Morgan fingerprint density at radius 3 is 2.39 bits per heavy atom. The van der Waals surface area contributed by atoms with Crippen molar-refractivity contribution in [1.29, 1.82) is 0 Å². The van der Waals surface area contributed by atoms with Crippen LogP contribution in [0.1, 0.15) is 24.1 Å². The maximum Gasteiger partial charge on any atom is 0.326 e. The fourth-order valence-corrected chi connectivity index (χ4v) is 5.17. The van der Waals surface area contributed by atoms with E-state index >= 15 is 0 Å². The number of benzene rings is 4.